The molecule has 0 radical (unpaired) electrons. The molecule has 1 unspecified atom stereocenters. The molecule has 8 heteroatoms. The lowest BCUT2D eigenvalue weighted by Crippen LogP contribution is -2.39. The van der Waals surface area contributed by atoms with Gasteiger partial charge in [-0.2, -0.15) is 10.2 Å². The van der Waals surface area contributed by atoms with Crippen LogP contribution in [0.4, 0.5) is 0 Å². The summed E-state index contributed by atoms with van der Waals surface area (Å²) < 4.78 is 1.67. The topological polar surface area (TPSA) is 70.1 Å². The van der Waals surface area contributed by atoms with Crippen molar-refractivity contribution in [3.63, 3.8) is 0 Å². The molecule has 27 heavy (non-hydrogen) atoms. The molecular formula is C19H27ClN6O. The van der Waals surface area contributed by atoms with Crippen LogP contribution in [0.25, 0.3) is 0 Å². The van der Waals surface area contributed by atoms with Crippen LogP contribution in [0, 0.1) is 6.92 Å². The number of carbonyl (C=O) groups excluding carboxylic acids is 1. The second-order valence-electron chi connectivity index (χ2n) is 7.75. The fourth-order valence-corrected chi connectivity index (χ4v) is 4.49. The molecule has 1 N–H and O–H groups in total. The summed E-state index contributed by atoms with van der Waals surface area (Å²) in [6, 6.07) is 0. The Morgan fingerprint density at radius 1 is 1.30 bits per heavy atom. The Hall–Kier alpha value is -1.86. The zero-order chi connectivity index (χ0) is 19.0. The van der Waals surface area contributed by atoms with Crippen molar-refractivity contribution in [2.24, 2.45) is 7.05 Å². The van der Waals surface area contributed by atoms with E-state index in [1.807, 2.05) is 25.1 Å². The molecule has 146 valence electrons. The second kappa shape index (κ2) is 7.64. The van der Waals surface area contributed by atoms with Gasteiger partial charge >= 0.3 is 0 Å². The fraction of sp³-hybridized carbons (Fsp3) is 0.632. The van der Waals surface area contributed by atoms with Crippen molar-refractivity contribution in [2.75, 3.05) is 26.2 Å². The van der Waals surface area contributed by atoms with Crippen LogP contribution in [0.1, 0.15) is 59.0 Å². The summed E-state index contributed by atoms with van der Waals surface area (Å²) in [6.45, 7) is 6.58. The molecule has 0 spiro atoms. The molecule has 4 heterocycles. The number of hydrogen-bond acceptors (Lipinski definition) is 4. The fourth-order valence-electron chi connectivity index (χ4n) is 4.25. The number of nitrogens with one attached hydrogen (secondary N) is 1. The molecule has 1 atom stereocenters. The van der Waals surface area contributed by atoms with Gasteiger partial charge in [-0.1, -0.05) is 11.6 Å². The summed E-state index contributed by atoms with van der Waals surface area (Å²) in [7, 11) is 1.81. The van der Waals surface area contributed by atoms with E-state index in [0.29, 0.717) is 17.3 Å². The summed E-state index contributed by atoms with van der Waals surface area (Å²) >= 11 is 6.33. The van der Waals surface area contributed by atoms with Crippen LogP contribution < -0.4 is 0 Å². The van der Waals surface area contributed by atoms with E-state index in [9.17, 15) is 4.79 Å². The van der Waals surface area contributed by atoms with E-state index >= 15 is 0 Å². The number of H-pyrrole nitrogens is 1. The van der Waals surface area contributed by atoms with E-state index in [1.54, 1.807) is 4.68 Å². The number of aromatic nitrogens is 4. The van der Waals surface area contributed by atoms with Gasteiger partial charge in [-0.25, -0.2) is 0 Å². The van der Waals surface area contributed by atoms with Gasteiger partial charge in [0.15, 0.2) is 5.69 Å². The Balaban J connectivity index is 1.49. The largest absolute Gasteiger partial charge is 0.337 e. The number of piperidine rings is 1. The second-order valence-corrected chi connectivity index (χ2v) is 8.13. The lowest BCUT2D eigenvalue weighted by atomic mass is 9.92. The van der Waals surface area contributed by atoms with Crippen LogP contribution in [-0.2, 0) is 13.6 Å². The molecule has 7 nitrogen and oxygen atoms in total. The molecule has 2 aliphatic heterocycles. The van der Waals surface area contributed by atoms with Crippen molar-refractivity contribution >= 4 is 17.5 Å². The number of halogens is 1. The smallest absolute Gasteiger partial charge is 0.275 e. The Bertz CT molecular complexity index is 822. The van der Waals surface area contributed by atoms with E-state index in [1.165, 1.54) is 24.1 Å². The first kappa shape index (κ1) is 18.5. The lowest BCUT2D eigenvalue weighted by molar-refractivity contribution is 0.0698. The van der Waals surface area contributed by atoms with E-state index in [0.717, 1.165) is 44.7 Å². The Labute approximate surface area is 164 Å². The SMILES string of the molecule is Cc1c(Cl)c(C(=O)N2CCCC(c3[nH]ncc3CN3CCCC3)C2)nn1C. The van der Waals surface area contributed by atoms with Gasteiger partial charge < -0.3 is 4.90 Å². The van der Waals surface area contributed by atoms with Gasteiger partial charge in [0.05, 0.1) is 16.9 Å². The van der Waals surface area contributed by atoms with Gasteiger partial charge in [0, 0.05) is 43.9 Å². The first-order valence-corrected chi connectivity index (χ1v) is 10.1. The molecule has 0 saturated carbocycles. The summed E-state index contributed by atoms with van der Waals surface area (Å²) in [6.07, 6.45) is 6.55. The maximum atomic E-state index is 13.0. The van der Waals surface area contributed by atoms with Crippen molar-refractivity contribution < 1.29 is 4.79 Å². The van der Waals surface area contributed by atoms with Gasteiger partial charge in [0.1, 0.15) is 0 Å². The van der Waals surface area contributed by atoms with Crippen molar-refractivity contribution in [1.29, 1.82) is 0 Å². The van der Waals surface area contributed by atoms with Crippen LogP contribution in [0.2, 0.25) is 5.02 Å². The van der Waals surface area contributed by atoms with E-state index in [2.05, 4.69) is 20.2 Å². The maximum absolute atomic E-state index is 13.0. The Morgan fingerprint density at radius 2 is 2.07 bits per heavy atom. The van der Waals surface area contributed by atoms with Crippen LogP contribution in [0.15, 0.2) is 6.20 Å². The van der Waals surface area contributed by atoms with Crippen LogP contribution in [0.3, 0.4) is 0 Å². The minimum absolute atomic E-state index is 0.0750. The van der Waals surface area contributed by atoms with Gasteiger partial charge in [0.2, 0.25) is 0 Å². The lowest BCUT2D eigenvalue weighted by Gasteiger charge is -2.32. The first-order valence-electron chi connectivity index (χ1n) is 9.77. The molecule has 2 saturated heterocycles. The molecule has 4 rings (SSSR count). The number of amides is 1. The van der Waals surface area contributed by atoms with E-state index < -0.39 is 0 Å². The molecule has 1 amide bonds. The number of aromatic amines is 1. The van der Waals surface area contributed by atoms with Crippen molar-refractivity contribution in [3.8, 4) is 0 Å². The zero-order valence-corrected chi connectivity index (χ0v) is 16.8. The third kappa shape index (κ3) is 3.62. The highest BCUT2D eigenvalue weighted by Crippen LogP contribution is 2.30. The Morgan fingerprint density at radius 3 is 2.78 bits per heavy atom. The summed E-state index contributed by atoms with van der Waals surface area (Å²) in [5.74, 6) is 0.209. The number of rotatable bonds is 4. The maximum Gasteiger partial charge on any atom is 0.275 e. The highest BCUT2D eigenvalue weighted by Gasteiger charge is 2.31. The normalized spacial score (nSPS) is 21.1. The molecular weight excluding hydrogens is 364 g/mol. The minimum atomic E-state index is -0.0750. The standard InChI is InChI=1S/C19H27ClN6O/c1-13-16(20)18(23-24(13)2)19(27)26-9-5-6-14(12-26)17-15(10-21-22-17)11-25-7-3-4-8-25/h10,14H,3-9,11-12H2,1-2H3,(H,21,22). The summed E-state index contributed by atoms with van der Waals surface area (Å²) in [4.78, 5) is 17.4. The highest BCUT2D eigenvalue weighted by molar-refractivity contribution is 6.34. The van der Waals surface area contributed by atoms with Crippen LogP contribution >= 0.6 is 11.6 Å². The molecule has 0 bridgehead atoms. The number of carbonyl (C=O) groups is 1. The van der Waals surface area contributed by atoms with Crippen molar-refractivity contribution in [2.45, 2.75) is 45.1 Å². The predicted octanol–water partition coefficient (Wildman–Crippen LogP) is 2.72. The first-order chi connectivity index (χ1) is 13.0. The number of nitrogens with zero attached hydrogens (tertiary/aromatic N) is 5. The molecule has 2 fully saturated rings. The zero-order valence-electron chi connectivity index (χ0n) is 16.0. The molecule has 2 aromatic rings. The summed E-state index contributed by atoms with van der Waals surface area (Å²) in [5.41, 5.74) is 3.62. The number of likely N-dealkylation sites (tertiary alicyclic amines) is 2. The highest BCUT2D eigenvalue weighted by atomic mass is 35.5. The minimum Gasteiger partial charge on any atom is -0.337 e. The van der Waals surface area contributed by atoms with Gasteiger partial charge in [-0.3, -0.25) is 19.5 Å². The van der Waals surface area contributed by atoms with Crippen LogP contribution in [0.5, 0.6) is 0 Å². The number of aryl methyl sites for hydroxylation is 1. The van der Waals surface area contributed by atoms with Gasteiger partial charge in [0.25, 0.3) is 5.91 Å². The number of hydrogen-bond donors (Lipinski definition) is 1. The molecule has 0 aliphatic carbocycles. The summed E-state index contributed by atoms with van der Waals surface area (Å²) in [5, 5.41) is 12.3. The average molecular weight is 391 g/mol. The molecule has 2 aromatic heterocycles. The quantitative estimate of drug-likeness (QED) is 0.871. The Kier molecular flexibility index (Phi) is 5.23. The third-order valence-electron chi connectivity index (χ3n) is 5.92. The van der Waals surface area contributed by atoms with Crippen LogP contribution in [-0.4, -0.2) is 61.9 Å². The van der Waals surface area contributed by atoms with E-state index in [-0.39, 0.29) is 11.8 Å². The third-order valence-corrected chi connectivity index (χ3v) is 6.38. The van der Waals surface area contributed by atoms with Crippen molar-refractivity contribution in [3.05, 3.63) is 33.9 Å². The molecule has 0 aromatic carbocycles. The van der Waals surface area contributed by atoms with E-state index in [4.69, 9.17) is 11.6 Å². The van der Waals surface area contributed by atoms with Gasteiger partial charge in [-0.15, -0.1) is 0 Å². The average Bonchev–Trinajstić information content (AvgIpc) is 3.41. The van der Waals surface area contributed by atoms with Crippen molar-refractivity contribution in [1.82, 2.24) is 29.8 Å². The molecule has 2 aliphatic rings. The predicted molar refractivity (Wildman–Crippen MR) is 104 cm³/mol. The van der Waals surface area contributed by atoms with Gasteiger partial charge in [-0.05, 0) is 45.7 Å². The monoisotopic (exact) mass is 390 g/mol.